The Morgan fingerprint density at radius 3 is 2.61 bits per heavy atom. The molecule has 0 radical (unpaired) electrons. The van der Waals surface area contributed by atoms with Gasteiger partial charge in [-0.05, 0) is 61.4 Å². The number of nitrogens with zero attached hydrogens (tertiary/aromatic N) is 3. The van der Waals surface area contributed by atoms with Gasteiger partial charge < -0.3 is 20.2 Å². The van der Waals surface area contributed by atoms with Gasteiger partial charge in [-0.3, -0.25) is 9.59 Å². The van der Waals surface area contributed by atoms with Crippen molar-refractivity contribution in [3.8, 4) is 17.1 Å². The molecule has 0 saturated heterocycles. The molecular formula is C26H21F2N5O4S. The van der Waals surface area contributed by atoms with E-state index < -0.39 is 23.9 Å². The molecule has 9 nitrogen and oxygen atoms in total. The van der Waals surface area contributed by atoms with E-state index in [1.807, 2.05) is 32.0 Å². The molecule has 4 aromatic heterocycles. The van der Waals surface area contributed by atoms with Crippen LogP contribution in [-0.4, -0.2) is 26.6 Å². The summed E-state index contributed by atoms with van der Waals surface area (Å²) in [6.07, 6.45) is 0.0965. The van der Waals surface area contributed by atoms with Crippen LogP contribution in [0.4, 0.5) is 14.5 Å². The molecule has 0 aliphatic rings. The SMILES string of the molecule is Cc1cc(C)cc(OCn2ccc(C(=O)Nc3c(C(N)=O)sc4nc(C(F)F)cc(-c5ccco5)c34)n2)c1. The number of furan rings is 1. The van der Waals surface area contributed by atoms with Gasteiger partial charge in [-0.15, -0.1) is 11.3 Å². The summed E-state index contributed by atoms with van der Waals surface area (Å²) in [6.45, 7) is 3.99. The second-order valence-corrected chi connectivity index (χ2v) is 9.51. The molecule has 38 heavy (non-hydrogen) atoms. The molecule has 3 N–H and O–H groups in total. The van der Waals surface area contributed by atoms with E-state index in [-0.39, 0.29) is 44.5 Å². The number of pyridine rings is 1. The molecule has 0 fully saturated rings. The summed E-state index contributed by atoms with van der Waals surface area (Å²) in [5.74, 6) is -0.558. The minimum Gasteiger partial charge on any atom is -0.471 e. The van der Waals surface area contributed by atoms with E-state index in [2.05, 4.69) is 15.4 Å². The molecule has 12 heteroatoms. The third kappa shape index (κ3) is 4.98. The van der Waals surface area contributed by atoms with Gasteiger partial charge >= 0.3 is 0 Å². The quantitative estimate of drug-likeness (QED) is 0.262. The third-order valence-corrected chi connectivity index (χ3v) is 6.68. The summed E-state index contributed by atoms with van der Waals surface area (Å²) in [5.41, 5.74) is 7.50. The number of halogens is 2. The Morgan fingerprint density at radius 2 is 1.95 bits per heavy atom. The van der Waals surface area contributed by atoms with E-state index in [9.17, 15) is 18.4 Å². The molecule has 0 spiro atoms. The lowest BCUT2D eigenvalue weighted by molar-refractivity contribution is 0.100. The van der Waals surface area contributed by atoms with Crippen molar-refractivity contribution in [1.82, 2.24) is 14.8 Å². The molecule has 0 aliphatic carbocycles. The van der Waals surface area contributed by atoms with Crippen LogP contribution in [-0.2, 0) is 6.73 Å². The van der Waals surface area contributed by atoms with Crippen LogP contribution in [0, 0.1) is 13.8 Å². The lowest BCUT2D eigenvalue weighted by Crippen LogP contribution is -2.17. The van der Waals surface area contributed by atoms with Crippen molar-refractivity contribution in [3.63, 3.8) is 0 Å². The largest absolute Gasteiger partial charge is 0.471 e. The lowest BCUT2D eigenvalue weighted by Gasteiger charge is -2.09. The minimum absolute atomic E-state index is 0.0421. The molecule has 1 aromatic carbocycles. The number of hydrogen-bond donors (Lipinski definition) is 2. The number of fused-ring (bicyclic) bond motifs is 1. The molecule has 0 bridgehead atoms. The van der Waals surface area contributed by atoms with Crippen LogP contribution >= 0.6 is 11.3 Å². The molecule has 4 heterocycles. The van der Waals surface area contributed by atoms with E-state index in [0.717, 1.165) is 28.5 Å². The predicted molar refractivity (Wildman–Crippen MR) is 138 cm³/mol. The van der Waals surface area contributed by atoms with Crippen LogP contribution in [0.3, 0.4) is 0 Å². The van der Waals surface area contributed by atoms with Gasteiger partial charge in [0.05, 0.1) is 12.0 Å². The number of hydrogen-bond acceptors (Lipinski definition) is 7. The van der Waals surface area contributed by atoms with Gasteiger partial charge in [0, 0.05) is 17.1 Å². The second-order valence-electron chi connectivity index (χ2n) is 8.51. The predicted octanol–water partition coefficient (Wildman–Crippen LogP) is 5.69. The fourth-order valence-electron chi connectivity index (χ4n) is 4.04. The number of alkyl halides is 2. The topological polar surface area (TPSA) is 125 Å². The molecule has 0 atom stereocenters. The highest BCUT2D eigenvalue weighted by atomic mass is 32.1. The van der Waals surface area contributed by atoms with Gasteiger partial charge in [-0.2, -0.15) is 5.10 Å². The standard InChI is InChI=1S/C26H21F2N5O4S/c1-13-8-14(2)10-15(9-13)37-12-33-6-5-17(32-33)25(35)31-21-20-16(19-4-3-7-36-19)11-18(23(27)28)30-26(20)38-22(21)24(29)34/h3-11,23H,12H2,1-2H3,(H2,29,34)(H,31,35). The average Bonchev–Trinajstić information content (AvgIpc) is 3.62. The molecular weight excluding hydrogens is 516 g/mol. The Balaban J connectivity index is 1.46. The van der Waals surface area contributed by atoms with Gasteiger partial charge in [0.25, 0.3) is 18.2 Å². The smallest absolute Gasteiger partial charge is 0.280 e. The van der Waals surface area contributed by atoms with Crippen LogP contribution in [0.1, 0.15) is 43.4 Å². The summed E-state index contributed by atoms with van der Waals surface area (Å²) in [4.78, 5) is 29.4. The number of nitrogens with two attached hydrogens (primary N) is 1. The number of anilines is 1. The van der Waals surface area contributed by atoms with Crippen LogP contribution < -0.4 is 15.8 Å². The number of ether oxygens (including phenoxy) is 1. The van der Waals surface area contributed by atoms with Gasteiger partial charge in [-0.25, -0.2) is 18.4 Å². The number of carbonyl (C=O) groups is 2. The Labute approximate surface area is 218 Å². The van der Waals surface area contributed by atoms with Crippen molar-refractivity contribution in [1.29, 1.82) is 0 Å². The average molecular weight is 538 g/mol. The van der Waals surface area contributed by atoms with E-state index in [4.69, 9.17) is 14.9 Å². The maximum atomic E-state index is 13.6. The minimum atomic E-state index is -2.86. The van der Waals surface area contributed by atoms with Crippen molar-refractivity contribution >= 4 is 39.1 Å². The number of aromatic nitrogens is 3. The number of rotatable bonds is 8. The Morgan fingerprint density at radius 1 is 1.18 bits per heavy atom. The first-order valence-corrected chi connectivity index (χ1v) is 12.2. The highest BCUT2D eigenvalue weighted by Crippen LogP contribution is 2.42. The number of aryl methyl sites for hydroxylation is 2. The number of amides is 2. The first kappa shape index (κ1) is 25.1. The first-order valence-electron chi connectivity index (χ1n) is 11.3. The molecule has 194 valence electrons. The highest BCUT2D eigenvalue weighted by Gasteiger charge is 2.26. The van der Waals surface area contributed by atoms with E-state index in [1.54, 1.807) is 18.3 Å². The number of carbonyl (C=O) groups excluding carboxylic acids is 2. The van der Waals surface area contributed by atoms with Gasteiger partial charge in [0.1, 0.15) is 26.9 Å². The zero-order valence-corrected chi connectivity index (χ0v) is 21.0. The van der Waals surface area contributed by atoms with Gasteiger partial charge in [-0.1, -0.05) is 6.07 Å². The molecule has 5 aromatic rings. The lowest BCUT2D eigenvalue weighted by atomic mass is 10.1. The number of thiophene rings is 1. The number of nitrogens with one attached hydrogen (secondary N) is 1. The Hall–Kier alpha value is -4.58. The first-order chi connectivity index (χ1) is 18.2. The molecule has 2 amide bonds. The fourth-order valence-corrected chi connectivity index (χ4v) is 5.05. The monoisotopic (exact) mass is 537 g/mol. The van der Waals surface area contributed by atoms with Crippen molar-refractivity contribution in [3.05, 3.63) is 82.3 Å². The maximum absolute atomic E-state index is 13.6. The Bertz CT molecular complexity index is 1640. The van der Waals surface area contributed by atoms with E-state index in [1.165, 1.54) is 17.0 Å². The van der Waals surface area contributed by atoms with E-state index in [0.29, 0.717) is 5.75 Å². The van der Waals surface area contributed by atoms with E-state index >= 15 is 0 Å². The summed E-state index contributed by atoms with van der Waals surface area (Å²) >= 11 is 0.804. The maximum Gasteiger partial charge on any atom is 0.280 e. The van der Waals surface area contributed by atoms with Crippen molar-refractivity contribution < 1.29 is 27.5 Å². The third-order valence-electron chi connectivity index (χ3n) is 5.59. The summed E-state index contributed by atoms with van der Waals surface area (Å²) < 4.78 is 39.8. The van der Waals surface area contributed by atoms with Gasteiger partial charge in [0.2, 0.25) is 0 Å². The van der Waals surface area contributed by atoms with Crippen LogP contribution in [0.2, 0.25) is 0 Å². The zero-order chi connectivity index (χ0) is 27.0. The van der Waals surface area contributed by atoms with Crippen molar-refractivity contribution in [2.75, 3.05) is 5.32 Å². The summed E-state index contributed by atoms with van der Waals surface area (Å²) in [7, 11) is 0. The number of benzene rings is 1. The second kappa shape index (κ2) is 10.1. The Kier molecular flexibility index (Phi) is 6.64. The molecule has 0 unspecified atom stereocenters. The number of primary amides is 1. The van der Waals surface area contributed by atoms with Crippen molar-refractivity contribution in [2.24, 2.45) is 5.73 Å². The summed E-state index contributed by atoms with van der Waals surface area (Å²) in [6, 6.07) is 11.6. The summed E-state index contributed by atoms with van der Waals surface area (Å²) in [5, 5.41) is 7.18. The fraction of sp³-hybridized carbons (Fsp3) is 0.154. The van der Waals surface area contributed by atoms with Gasteiger partial charge in [0.15, 0.2) is 12.4 Å². The zero-order valence-electron chi connectivity index (χ0n) is 20.2. The molecule has 0 aliphatic heterocycles. The molecule has 0 saturated carbocycles. The van der Waals surface area contributed by atoms with Crippen LogP contribution in [0.15, 0.2) is 59.3 Å². The highest BCUT2D eigenvalue weighted by molar-refractivity contribution is 7.21. The van der Waals surface area contributed by atoms with Crippen LogP contribution in [0.25, 0.3) is 21.5 Å². The van der Waals surface area contributed by atoms with Crippen LogP contribution in [0.5, 0.6) is 5.75 Å². The normalized spacial score (nSPS) is 11.3. The van der Waals surface area contributed by atoms with Crippen molar-refractivity contribution in [2.45, 2.75) is 27.0 Å². The molecule has 5 rings (SSSR count).